The van der Waals surface area contributed by atoms with Gasteiger partial charge in [0.25, 0.3) is 11.8 Å². The lowest BCUT2D eigenvalue weighted by Gasteiger charge is -2.09. The Labute approximate surface area is 171 Å². The summed E-state index contributed by atoms with van der Waals surface area (Å²) in [6.45, 7) is 0. The molecule has 1 heterocycles. The van der Waals surface area contributed by atoms with Crippen LogP contribution >= 0.6 is 0 Å². The fourth-order valence-electron chi connectivity index (χ4n) is 2.92. The Morgan fingerprint density at radius 1 is 1.13 bits per heavy atom. The second kappa shape index (κ2) is 8.92. The van der Waals surface area contributed by atoms with Gasteiger partial charge in [-0.2, -0.15) is 5.26 Å². The highest BCUT2D eigenvalue weighted by Crippen LogP contribution is 2.20. The van der Waals surface area contributed by atoms with Crippen LogP contribution < -0.4 is 10.6 Å². The van der Waals surface area contributed by atoms with E-state index in [1.165, 1.54) is 25.4 Å². The minimum atomic E-state index is -0.679. The number of nitrogens with zero attached hydrogens (tertiary/aromatic N) is 2. The fraction of sp³-hybridized carbons (Fsp3) is 0.136. The third-order valence-electron chi connectivity index (χ3n) is 4.49. The number of Topliss-reactive ketones (excluding diaryl/α,β-unsaturated/α-hetero) is 1. The van der Waals surface area contributed by atoms with E-state index < -0.39 is 23.4 Å². The van der Waals surface area contributed by atoms with Crippen molar-refractivity contribution in [1.82, 2.24) is 5.32 Å². The summed E-state index contributed by atoms with van der Waals surface area (Å²) in [7, 11) is 1.46. The lowest BCUT2D eigenvalue weighted by atomic mass is 10.0. The van der Waals surface area contributed by atoms with Gasteiger partial charge >= 0.3 is 0 Å². The van der Waals surface area contributed by atoms with Crippen molar-refractivity contribution in [2.45, 2.75) is 12.8 Å². The number of nitrogens with one attached hydrogen (secondary N) is 2. The number of likely N-dealkylation sites (N-methyl/N-ethyl adjacent to an activating group) is 1. The van der Waals surface area contributed by atoms with E-state index in [4.69, 9.17) is 5.26 Å². The highest BCUT2D eigenvalue weighted by Gasteiger charge is 2.23. The molecule has 150 valence electrons. The Kier molecular flexibility index (Phi) is 6.13. The van der Waals surface area contributed by atoms with Crippen molar-refractivity contribution in [1.29, 1.82) is 5.26 Å². The number of ketones is 1. The fourth-order valence-corrected chi connectivity index (χ4v) is 2.92. The number of hydrogen-bond donors (Lipinski definition) is 2. The minimum absolute atomic E-state index is 0.0557. The molecule has 0 saturated carbocycles. The van der Waals surface area contributed by atoms with Gasteiger partial charge in [-0.05, 0) is 35.9 Å². The molecule has 0 fully saturated rings. The predicted octanol–water partition coefficient (Wildman–Crippen LogP) is 2.54. The van der Waals surface area contributed by atoms with Gasteiger partial charge in [-0.3, -0.25) is 19.4 Å². The molecule has 2 N–H and O–H groups in total. The highest BCUT2D eigenvalue weighted by molar-refractivity contribution is 6.13. The second-order valence-electron chi connectivity index (χ2n) is 6.48. The van der Waals surface area contributed by atoms with Gasteiger partial charge in [0.15, 0.2) is 5.78 Å². The Bertz CT molecular complexity index is 1130. The van der Waals surface area contributed by atoms with Crippen molar-refractivity contribution in [2.75, 3.05) is 12.4 Å². The summed E-state index contributed by atoms with van der Waals surface area (Å²) in [5, 5.41) is 14.0. The standard InChI is InChI=1S/C22H17FN4O3/c1-25-22(30)20-16(8-9-26-20)21(29)27-15-5-2-13(3-6-15)11-19(28)17-10-14(12-24)4-7-18(17)23/h2-7,9-10H,8,11H2,1H3,(H,25,30)(H,27,29). The maximum absolute atomic E-state index is 13.9. The molecule has 2 aromatic carbocycles. The molecule has 0 spiro atoms. The number of hydrogen-bond acceptors (Lipinski definition) is 5. The number of carbonyl (C=O) groups excluding carboxylic acids is 3. The molecule has 8 heteroatoms. The van der Waals surface area contributed by atoms with Crippen LogP contribution in [0.5, 0.6) is 0 Å². The average Bonchev–Trinajstić information content (AvgIpc) is 3.25. The van der Waals surface area contributed by atoms with Gasteiger partial charge in [-0.15, -0.1) is 0 Å². The van der Waals surface area contributed by atoms with E-state index in [0.29, 0.717) is 11.3 Å². The SMILES string of the molecule is CNC(=O)C1=C(C(=O)Nc2ccc(CC(=O)c3cc(C#N)ccc3F)cc2)CC=N1. The Morgan fingerprint density at radius 3 is 2.53 bits per heavy atom. The van der Waals surface area contributed by atoms with Gasteiger partial charge in [0, 0.05) is 31.8 Å². The quantitative estimate of drug-likeness (QED) is 0.721. The number of nitriles is 1. The third-order valence-corrected chi connectivity index (χ3v) is 4.49. The second-order valence-corrected chi connectivity index (χ2v) is 6.48. The van der Waals surface area contributed by atoms with Crippen LogP contribution in [0.3, 0.4) is 0 Å². The van der Waals surface area contributed by atoms with Gasteiger partial charge in [0.1, 0.15) is 11.5 Å². The summed E-state index contributed by atoms with van der Waals surface area (Å²) < 4.78 is 13.9. The van der Waals surface area contributed by atoms with Crippen LogP contribution in [-0.4, -0.2) is 30.9 Å². The predicted molar refractivity (Wildman–Crippen MR) is 108 cm³/mol. The highest BCUT2D eigenvalue weighted by atomic mass is 19.1. The van der Waals surface area contributed by atoms with Crippen LogP contribution in [0.4, 0.5) is 10.1 Å². The molecule has 1 aliphatic heterocycles. The number of rotatable bonds is 6. The molecule has 3 rings (SSSR count). The van der Waals surface area contributed by atoms with Crippen LogP contribution in [-0.2, 0) is 16.0 Å². The van der Waals surface area contributed by atoms with E-state index in [9.17, 15) is 18.8 Å². The molecule has 7 nitrogen and oxygen atoms in total. The molecule has 0 bridgehead atoms. The van der Waals surface area contributed by atoms with Gasteiger partial charge in [0.05, 0.1) is 22.8 Å². The van der Waals surface area contributed by atoms with Crippen LogP contribution in [0.1, 0.15) is 27.9 Å². The smallest absolute Gasteiger partial charge is 0.270 e. The van der Waals surface area contributed by atoms with E-state index in [0.717, 1.165) is 6.07 Å². The molecule has 2 aromatic rings. The summed E-state index contributed by atoms with van der Waals surface area (Å²) in [5.74, 6) is -2.01. The summed E-state index contributed by atoms with van der Waals surface area (Å²) in [6.07, 6.45) is 1.70. The summed E-state index contributed by atoms with van der Waals surface area (Å²) in [6, 6.07) is 12.0. The molecule has 30 heavy (non-hydrogen) atoms. The van der Waals surface area contributed by atoms with Crippen LogP contribution in [0.15, 0.2) is 58.7 Å². The van der Waals surface area contributed by atoms with Crippen LogP contribution in [0, 0.1) is 17.1 Å². The molecule has 1 aliphatic rings. The lowest BCUT2D eigenvalue weighted by Crippen LogP contribution is -2.23. The topological polar surface area (TPSA) is 111 Å². The number of aliphatic imine (C=N–C) groups is 1. The number of anilines is 1. The van der Waals surface area contributed by atoms with Crippen molar-refractivity contribution in [2.24, 2.45) is 4.99 Å². The number of carbonyl (C=O) groups is 3. The Hall–Kier alpha value is -4.12. The summed E-state index contributed by atoms with van der Waals surface area (Å²) in [5.41, 5.74) is 1.51. The first-order chi connectivity index (χ1) is 14.4. The molecule has 2 amide bonds. The van der Waals surface area contributed by atoms with Crippen molar-refractivity contribution < 1.29 is 18.8 Å². The molecule has 0 atom stereocenters. The van der Waals surface area contributed by atoms with E-state index in [2.05, 4.69) is 15.6 Å². The average molecular weight is 404 g/mol. The molecule has 0 radical (unpaired) electrons. The van der Waals surface area contributed by atoms with Gasteiger partial charge in [0.2, 0.25) is 0 Å². The van der Waals surface area contributed by atoms with Gasteiger partial charge in [-0.25, -0.2) is 4.39 Å². The van der Waals surface area contributed by atoms with Gasteiger partial charge in [-0.1, -0.05) is 12.1 Å². The first kappa shape index (κ1) is 20.6. The molecular weight excluding hydrogens is 387 g/mol. The van der Waals surface area contributed by atoms with E-state index in [1.54, 1.807) is 24.3 Å². The summed E-state index contributed by atoms with van der Waals surface area (Å²) in [4.78, 5) is 40.5. The molecule has 0 aliphatic carbocycles. The lowest BCUT2D eigenvalue weighted by molar-refractivity contribution is -0.118. The number of amides is 2. The first-order valence-electron chi connectivity index (χ1n) is 9.04. The normalized spacial score (nSPS) is 12.4. The molecule has 0 aromatic heterocycles. The maximum Gasteiger partial charge on any atom is 0.270 e. The van der Waals surface area contributed by atoms with Crippen LogP contribution in [0.25, 0.3) is 0 Å². The maximum atomic E-state index is 13.9. The van der Waals surface area contributed by atoms with E-state index in [-0.39, 0.29) is 35.2 Å². The monoisotopic (exact) mass is 404 g/mol. The molecule has 0 saturated heterocycles. The summed E-state index contributed by atoms with van der Waals surface area (Å²) >= 11 is 0. The minimum Gasteiger partial charge on any atom is -0.354 e. The zero-order valence-corrected chi connectivity index (χ0v) is 16.0. The zero-order chi connectivity index (χ0) is 21.7. The zero-order valence-electron chi connectivity index (χ0n) is 16.0. The number of halogens is 1. The Balaban J connectivity index is 1.69. The first-order valence-corrected chi connectivity index (χ1v) is 9.04. The largest absolute Gasteiger partial charge is 0.354 e. The van der Waals surface area contributed by atoms with Crippen LogP contribution in [0.2, 0.25) is 0 Å². The van der Waals surface area contributed by atoms with E-state index in [1.807, 2.05) is 6.07 Å². The molecular formula is C22H17FN4O3. The van der Waals surface area contributed by atoms with Crippen molar-refractivity contribution in [3.8, 4) is 6.07 Å². The van der Waals surface area contributed by atoms with E-state index >= 15 is 0 Å². The van der Waals surface area contributed by atoms with Gasteiger partial charge < -0.3 is 10.6 Å². The third kappa shape index (κ3) is 4.47. The Morgan fingerprint density at radius 2 is 1.87 bits per heavy atom. The van der Waals surface area contributed by atoms with Crippen molar-refractivity contribution in [3.05, 3.63) is 76.2 Å². The van der Waals surface area contributed by atoms with Crippen molar-refractivity contribution >= 4 is 29.5 Å². The van der Waals surface area contributed by atoms with Crippen molar-refractivity contribution in [3.63, 3.8) is 0 Å². The molecule has 0 unspecified atom stereocenters. The number of benzene rings is 2.